The van der Waals surface area contributed by atoms with Crippen molar-refractivity contribution >= 4 is 0 Å². The Kier molecular flexibility index (Phi) is 3.62. The van der Waals surface area contributed by atoms with Crippen molar-refractivity contribution in [1.82, 2.24) is 9.55 Å². The van der Waals surface area contributed by atoms with Gasteiger partial charge in [0, 0.05) is 23.9 Å². The van der Waals surface area contributed by atoms with Crippen LogP contribution in [0, 0.1) is 11.3 Å². The van der Waals surface area contributed by atoms with E-state index >= 15 is 0 Å². The van der Waals surface area contributed by atoms with Crippen LogP contribution in [-0.2, 0) is 4.74 Å². The Bertz CT molecular complexity index is 653. The van der Waals surface area contributed by atoms with Crippen LogP contribution in [0.2, 0.25) is 0 Å². The normalized spacial score (nSPS) is 28.5. The lowest BCUT2D eigenvalue weighted by Crippen LogP contribution is -2.32. The first-order valence-corrected chi connectivity index (χ1v) is 5.44. The minimum Gasteiger partial charge on any atom is -0.394 e. The predicted molar refractivity (Wildman–Crippen MR) is 62.0 cm³/mol. The maximum absolute atomic E-state index is 11.7. The van der Waals surface area contributed by atoms with E-state index in [1.54, 1.807) is 6.07 Å². The smallest absolute Gasteiger partial charge is 0.330 e. The van der Waals surface area contributed by atoms with Crippen molar-refractivity contribution in [1.29, 1.82) is 5.26 Å². The number of nitrogens with zero attached hydrogens (tertiary/aromatic N) is 2. The number of nitrogens with one attached hydrogen (secondary N) is 1. The second-order valence-corrected chi connectivity index (χ2v) is 3.95. The van der Waals surface area contributed by atoms with Gasteiger partial charge in [-0.05, 0) is 0 Å². The molecular weight excluding hydrogens is 254 g/mol. The molecule has 2 rings (SSSR count). The molecule has 0 aliphatic carbocycles. The second-order valence-electron chi connectivity index (χ2n) is 3.95. The standard InChI is InChI=1S/C11H11N3O5/c12-3-1-6-9(17)7(5-15)19-10(6)14-4-2-8(16)13-11(14)18/h1-2,4,7,9-10,15,17H,5H2,(H,13,16,18)/b6-1+/t7-,9+,10-/m1/s1. The number of rotatable bonds is 2. The van der Waals surface area contributed by atoms with Crippen LogP contribution in [0.4, 0.5) is 0 Å². The molecule has 1 aliphatic heterocycles. The van der Waals surface area contributed by atoms with Crippen molar-refractivity contribution in [2.24, 2.45) is 0 Å². The van der Waals surface area contributed by atoms with Gasteiger partial charge in [-0.25, -0.2) is 4.79 Å². The molecule has 0 unspecified atom stereocenters. The largest absolute Gasteiger partial charge is 0.394 e. The summed E-state index contributed by atoms with van der Waals surface area (Å²) in [6.45, 7) is -0.460. The van der Waals surface area contributed by atoms with E-state index in [0.29, 0.717) is 0 Å². The zero-order valence-corrected chi connectivity index (χ0v) is 9.68. The van der Waals surface area contributed by atoms with Gasteiger partial charge in [-0.15, -0.1) is 0 Å². The summed E-state index contributed by atoms with van der Waals surface area (Å²) in [4.78, 5) is 24.7. The highest BCUT2D eigenvalue weighted by atomic mass is 16.5. The summed E-state index contributed by atoms with van der Waals surface area (Å²) in [5, 5.41) is 27.6. The number of aromatic nitrogens is 2. The van der Waals surface area contributed by atoms with Gasteiger partial charge < -0.3 is 14.9 Å². The van der Waals surface area contributed by atoms with Crippen molar-refractivity contribution in [3.8, 4) is 6.07 Å². The van der Waals surface area contributed by atoms with Crippen LogP contribution in [0.1, 0.15) is 6.23 Å². The Balaban J connectivity index is 2.49. The number of nitriles is 1. The number of aliphatic hydroxyl groups excluding tert-OH is 2. The van der Waals surface area contributed by atoms with Gasteiger partial charge in [0.05, 0.1) is 12.7 Å². The summed E-state index contributed by atoms with van der Waals surface area (Å²) in [6, 6.07) is 2.86. The molecule has 0 bridgehead atoms. The molecular formula is C11H11N3O5. The predicted octanol–water partition coefficient (Wildman–Crippen LogP) is -1.76. The molecule has 19 heavy (non-hydrogen) atoms. The third kappa shape index (κ3) is 2.34. The molecule has 0 spiro atoms. The van der Waals surface area contributed by atoms with Gasteiger partial charge in [-0.2, -0.15) is 5.26 Å². The van der Waals surface area contributed by atoms with Gasteiger partial charge in [0.2, 0.25) is 0 Å². The van der Waals surface area contributed by atoms with Gasteiger partial charge in [0.1, 0.15) is 12.2 Å². The SMILES string of the molecule is N#C/C=C1/[C@H](n2ccc(=O)[nH]c2=O)O[C@H](CO)[C@H]1O. The molecule has 8 heteroatoms. The molecule has 1 fully saturated rings. The van der Waals surface area contributed by atoms with Gasteiger partial charge in [-0.1, -0.05) is 0 Å². The van der Waals surface area contributed by atoms with Gasteiger partial charge in [0.15, 0.2) is 6.23 Å². The average Bonchev–Trinajstić information content (AvgIpc) is 2.68. The first kappa shape index (κ1) is 13.2. The number of hydrogen-bond acceptors (Lipinski definition) is 6. The first-order chi connectivity index (χ1) is 9.08. The highest BCUT2D eigenvalue weighted by Crippen LogP contribution is 2.32. The molecule has 0 aromatic carbocycles. The van der Waals surface area contributed by atoms with E-state index in [9.17, 15) is 14.7 Å². The lowest BCUT2D eigenvalue weighted by atomic mass is 10.1. The van der Waals surface area contributed by atoms with Crippen molar-refractivity contribution in [2.75, 3.05) is 6.61 Å². The van der Waals surface area contributed by atoms with E-state index in [2.05, 4.69) is 0 Å². The fourth-order valence-electron chi connectivity index (χ4n) is 1.89. The van der Waals surface area contributed by atoms with Crippen LogP contribution < -0.4 is 11.2 Å². The lowest BCUT2D eigenvalue weighted by Gasteiger charge is -2.14. The lowest BCUT2D eigenvalue weighted by molar-refractivity contribution is -0.0447. The van der Waals surface area contributed by atoms with Gasteiger partial charge in [0.25, 0.3) is 5.56 Å². The van der Waals surface area contributed by atoms with Crippen LogP contribution in [0.25, 0.3) is 0 Å². The van der Waals surface area contributed by atoms with E-state index in [4.69, 9.17) is 15.1 Å². The molecule has 1 aliphatic rings. The van der Waals surface area contributed by atoms with E-state index in [1.807, 2.05) is 4.98 Å². The Hall–Kier alpha value is -2.21. The quantitative estimate of drug-likeness (QED) is 0.543. The van der Waals surface area contributed by atoms with Crippen molar-refractivity contribution in [2.45, 2.75) is 18.4 Å². The average molecular weight is 265 g/mol. The first-order valence-electron chi connectivity index (χ1n) is 5.44. The number of allylic oxidation sites excluding steroid dienone is 1. The van der Waals surface area contributed by atoms with Crippen LogP contribution >= 0.6 is 0 Å². The summed E-state index contributed by atoms with van der Waals surface area (Å²) < 4.78 is 6.35. The number of hydrogen-bond donors (Lipinski definition) is 3. The fourth-order valence-corrected chi connectivity index (χ4v) is 1.89. The monoisotopic (exact) mass is 265 g/mol. The third-order valence-corrected chi connectivity index (χ3v) is 2.80. The molecule has 0 radical (unpaired) electrons. The molecule has 1 saturated heterocycles. The molecule has 3 N–H and O–H groups in total. The van der Waals surface area contributed by atoms with Gasteiger partial charge >= 0.3 is 5.69 Å². The molecule has 3 atom stereocenters. The molecule has 0 saturated carbocycles. The van der Waals surface area contributed by atoms with Crippen LogP contribution in [0.5, 0.6) is 0 Å². The van der Waals surface area contributed by atoms with Crippen LogP contribution in [0.3, 0.4) is 0 Å². The minimum absolute atomic E-state index is 0.149. The second kappa shape index (κ2) is 5.19. The minimum atomic E-state index is -1.19. The summed E-state index contributed by atoms with van der Waals surface area (Å²) in [7, 11) is 0. The maximum atomic E-state index is 11.7. The Morgan fingerprint density at radius 1 is 1.58 bits per heavy atom. The van der Waals surface area contributed by atoms with Crippen molar-refractivity contribution < 1.29 is 14.9 Å². The maximum Gasteiger partial charge on any atom is 0.330 e. The third-order valence-electron chi connectivity index (χ3n) is 2.80. The Morgan fingerprint density at radius 2 is 2.32 bits per heavy atom. The highest BCUT2D eigenvalue weighted by Gasteiger charge is 2.39. The molecule has 1 aromatic rings. The summed E-state index contributed by atoms with van der Waals surface area (Å²) in [6.07, 6.45) is -0.889. The van der Waals surface area contributed by atoms with E-state index in [0.717, 1.165) is 16.7 Å². The summed E-state index contributed by atoms with van der Waals surface area (Å²) in [5.41, 5.74) is -1.15. The van der Waals surface area contributed by atoms with Crippen molar-refractivity contribution in [3.63, 3.8) is 0 Å². The number of aromatic amines is 1. The Morgan fingerprint density at radius 3 is 2.89 bits per heavy atom. The highest BCUT2D eigenvalue weighted by molar-refractivity contribution is 5.24. The molecule has 2 heterocycles. The molecule has 1 aromatic heterocycles. The summed E-state index contributed by atoms with van der Waals surface area (Å²) >= 11 is 0. The van der Waals surface area contributed by atoms with E-state index in [1.165, 1.54) is 6.20 Å². The molecule has 0 amide bonds. The topological polar surface area (TPSA) is 128 Å². The number of aliphatic hydroxyl groups is 2. The Labute approximate surface area is 106 Å². The zero-order valence-electron chi connectivity index (χ0n) is 9.68. The van der Waals surface area contributed by atoms with Crippen LogP contribution in [0.15, 0.2) is 33.5 Å². The molecule has 100 valence electrons. The summed E-state index contributed by atoms with van der Waals surface area (Å²) in [5.74, 6) is 0. The van der Waals surface area contributed by atoms with E-state index < -0.39 is 36.3 Å². The van der Waals surface area contributed by atoms with Crippen LogP contribution in [-0.4, -0.2) is 38.6 Å². The number of ether oxygens (including phenoxy) is 1. The zero-order chi connectivity index (χ0) is 14.0. The van der Waals surface area contributed by atoms with E-state index in [-0.39, 0.29) is 5.57 Å². The fraction of sp³-hybridized carbons (Fsp3) is 0.364. The molecule has 8 nitrogen and oxygen atoms in total. The van der Waals surface area contributed by atoms with Crippen molar-refractivity contribution in [3.05, 3.63) is 44.8 Å². The van der Waals surface area contributed by atoms with Gasteiger partial charge in [-0.3, -0.25) is 14.3 Å². The number of H-pyrrole nitrogens is 1.